The standard InChI is InChI=1S/C71H138O17P2/c1-9-64(8)50-42-34-29-30-36-44-52-69(74)82-58-67(88-71(76)54-46-38-28-22-25-33-41-49-63(6)7)60-86-90(79,80)84-56-65(72)55-83-89(77,78)85-59-66(87-70(75)53-45-37-27-21-20-24-32-40-48-62(4)5)57-81-68(73)51-43-35-26-19-17-15-13-11-10-12-14-16-18-23-31-39-47-61(2)3/h61-67,72H,9-60H2,1-8H3,(H,77,78)(H,79,80)/t64?,65-,66-,67-/m1/s1. The molecule has 0 spiro atoms. The summed E-state index contributed by atoms with van der Waals surface area (Å²) in [6.07, 6.45) is 43.4. The van der Waals surface area contributed by atoms with Crippen molar-refractivity contribution in [1.82, 2.24) is 0 Å². The first-order chi connectivity index (χ1) is 43.1. The van der Waals surface area contributed by atoms with Crippen LogP contribution in [-0.4, -0.2) is 96.7 Å². The lowest BCUT2D eigenvalue weighted by Gasteiger charge is -2.21. The van der Waals surface area contributed by atoms with E-state index >= 15 is 0 Å². The zero-order valence-electron chi connectivity index (χ0n) is 58.8. The van der Waals surface area contributed by atoms with Crippen molar-refractivity contribution >= 4 is 39.5 Å². The predicted octanol–water partition coefficient (Wildman–Crippen LogP) is 20.1. The Bertz CT molecular complexity index is 1780. The van der Waals surface area contributed by atoms with Crippen molar-refractivity contribution in [2.45, 2.75) is 369 Å². The average Bonchev–Trinajstić information content (AvgIpc) is 3.29. The first-order valence-electron chi connectivity index (χ1n) is 36.7. The number of hydrogen-bond donors (Lipinski definition) is 3. The zero-order chi connectivity index (χ0) is 66.8. The molecule has 534 valence electrons. The molecule has 3 N–H and O–H groups in total. The van der Waals surface area contributed by atoms with E-state index in [9.17, 15) is 43.2 Å². The molecule has 0 aromatic carbocycles. The summed E-state index contributed by atoms with van der Waals surface area (Å²) in [6, 6.07) is 0. The molecule has 0 fully saturated rings. The molecular formula is C71H138O17P2. The van der Waals surface area contributed by atoms with Crippen molar-refractivity contribution in [3.05, 3.63) is 0 Å². The van der Waals surface area contributed by atoms with Crippen LogP contribution in [0.3, 0.4) is 0 Å². The topological polar surface area (TPSA) is 237 Å². The molecule has 0 aromatic rings. The highest BCUT2D eigenvalue weighted by Gasteiger charge is 2.30. The monoisotopic (exact) mass is 1320 g/mol. The van der Waals surface area contributed by atoms with Gasteiger partial charge in [-0.15, -0.1) is 0 Å². The lowest BCUT2D eigenvalue weighted by atomic mass is 10.00. The van der Waals surface area contributed by atoms with E-state index in [1.54, 1.807) is 0 Å². The number of carbonyl (C=O) groups is 4. The van der Waals surface area contributed by atoms with Gasteiger partial charge in [0.15, 0.2) is 12.2 Å². The van der Waals surface area contributed by atoms with E-state index in [4.69, 9.17) is 37.0 Å². The Hall–Kier alpha value is -1.94. The van der Waals surface area contributed by atoms with E-state index in [0.717, 1.165) is 114 Å². The summed E-state index contributed by atoms with van der Waals surface area (Å²) in [4.78, 5) is 72.5. The molecule has 0 aliphatic rings. The average molecular weight is 1330 g/mol. The van der Waals surface area contributed by atoms with Crippen molar-refractivity contribution in [3.63, 3.8) is 0 Å². The van der Waals surface area contributed by atoms with E-state index in [2.05, 4.69) is 55.4 Å². The van der Waals surface area contributed by atoms with Crippen molar-refractivity contribution < 1.29 is 80.2 Å². The Morgan fingerprint density at radius 3 is 0.789 bits per heavy atom. The molecule has 0 aliphatic carbocycles. The lowest BCUT2D eigenvalue weighted by Crippen LogP contribution is -2.30. The maximum atomic E-state index is 13.0. The van der Waals surface area contributed by atoms with E-state index in [-0.39, 0.29) is 25.7 Å². The molecular weight excluding hydrogens is 1190 g/mol. The van der Waals surface area contributed by atoms with Crippen LogP contribution >= 0.6 is 15.6 Å². The Morgan fingerprint density at radius 1 is 0.311 bits per heavy atom. The van der Waals surface area contributed by atoms with Crippen LogP contribution in [0.2, 0.25) is 0 Å². The van der Waals surface area contributed by atoms with Gasteiger partial charge in [-0.25, -0.2) is 9.13 Å². The number of phosphoric acid groups is 2. The molecule has 0 aromatic heterocycles. The van der Waals surface area contributed by atoms with Crippen LogP contribution in [0.5, 0.6) is 0 Å². The molecule has 0 bridgehead atoms. The third kappa shape index (κ3) is 63.5. The molecule has 3 unspecified atom stereocenters. The van der Waals surface area contributed by atoms with Crippen LogP contribution in [0.15, 0.2) is 0 Å². The van der Waals surface area contributed by atoms with Gasteiger partial charge in [0.05, 0.1) is 26.4 Å². The number of aliphatic hydroxyl groups is 1. The number of unbranched alkanes of at least 4 members (excludes halogenated alkanes) is 33. The fraction of sp³-hybridized carbons (Fsp3) is 0.944. The first-order valence-corrected chi connectivity index (χ1v) is 39.7. The van der Waals surface area contributed by atoms with Crippen molar-refractivity contribution in [1.29, 1.82) is 0 Å². The van der Waals surface area contributed by atoms with Crippen LogP contribution in [-0.2, 0) is 65.4 Å². The fourth-order valence-electron chi connectivity index (χ4n) is 10.6. The smallest absolute Gasteiger partial charge is 0.462 e. The highest BCUT2D eigenvalue weighted by atomic mass is 31.2. The number of rotatable bonds is 68. The summed E-state index contributed by atoms with van der Waals surface area (Å²) in [5, 5.41) is 10.6. The van der Waals surface area contributed by atoms with E-state index < -0.39 is 97.5 Å². The van der Waals surface area contributed by atoms with Gasteiger partial charge in [0, 0.05) is 25.7 Å². The van der Waals surface area contributed by atoms with Gasteiger partial charge in [-0.3, -0.25) is 37.3 Å². The second kappa shape index (κ2) is 60.7. The van der Waals surface area contributed by atoms with Gasteiger partial charge in [0.25, 0.3) is 0 Å². The summed E-state index contributed by atoms with van der Waals surface area (Å²) >= 11 is 0. The zero-order valence-corrected chi connectivity index (χ0v) is 60.6. The minimum absolute atomic E-state index is 0.102. The van der Waals surface area contributed by atoms with Crippen LogP contribution in [0.1, 0.15) is 351 Å². The molecule has 0 heterocycles. The largest absolute Gasteiger partial charge is 0.472 e. The van der Waals surface area contributed by atoms with Crippen LogP contribution in [0.4, 0.5) is 0 Å². The first kappa shape index (κ1) is 88.1. The van der Waals surface area contributed by atoms with Crippen LogP contribution in [0, 0.1) is 23.7 Å². The fourth-order valence-corrected chi connectivity index (χ4v) is 12.2. The highest BCUT2D eigenvalue weighted by Crippen LogP contribution is 2.45. The Morgan fingerprint density at radius 2 is 0.533 bits per heavy atom. The SMILES string of the molecule is CCC(C)CCCCCCCCC(=O)OC[C@H](COP(=O)(O)OC[C@H](O)COP(=O)(O)OC[C@@H](COC(=O)CCCCCCCCCCCCCCCCCCC(C)C)OC(=O)CCCCCCCCCCC(C)C)OC(=O)CCCCCCCCCC(C)C. The third-order valence-corrected chi connectivity index (χ3v) is 18.6. The lowest BCUT2D eigenvalue weighted by molar-refractivity contribution is -0.161. The third-order valence-electron chi connectivity index (χ3n) is 16.7. The molecule has 0 rings (SSSR count). The Labute approximate surface area is 549 Å². The van der Waals surface area contributed by atoms with Crippen molar-refractivity contribution in [2.75, 3.05) is 39.6 Å². The number of carbonyl (C=O) groups excluding carboxylic acids is 4. The number of ether oxygens (including phenoxy) is 4. The minimum Gasteiger partial charge on any atom is -0.462 e. The molecule has 0 saturated carbocycles. The van der Waals surface area contributed by atoms with Crippen LogP contribution < -0.4 is 0 Å². The van der Waals surface area contributed by atoms with E-state index in [0.29, 0.717) is 31.6 Å². The molecule has 17 nitrogen and oxygen atoms in total. The van der Waals surface area contributed by atoms with Gasteiger partial charge in [0.1, 0.15) is 19.3 Å². The summed E-state index contributed by atoms with van der Waals surface area (Å²) in [5.74, 6) is 0.824. The second-order valence-corrected chi connectivity index (χ2v) is 30.2. The molecule has 90 heavy (non-hydrogen) atoms. The summed E-state index contributed by atoms with van der Waals surface area (Å²) in [7, 11) is -9.90. The highest BCUT2D eigenvalue weighted by molar-refractivity contribution is 7.47. The molecule has 6 atom stereocenters. The molecule has 0 amide bonds. The minimum atomic E-state index is -4.95. The number of phosphoric ester groups is 2. The Kier molecular flexibility index (Phi) is 59.4. The summed E-state index contributed by atoms with van der Waals surface area (Å²) in [5.41, 5.74) is 0. The van der Waals surface area contributed by atoms with E-state index in [1.165, 1.54) is 148 Å². The van der Waals surface area contributed by atoms with Crippen molar-refractivity contribution in [3.8, 4) is 0 Å². The van der Waals surface area contributed by atoms with E-state index in [1.807, 2.05) is 0 Å². The second-order valence-electron chi connectivity index (χ2n) is 27.3. The predicted molar refractivity (Wildman–Crippen MR) is 363 cm³/mol. The Balaban J connectivity index is 5.18. The molecule has 0 aliphatic heterocycles. The molecule has 0 radical (unpaired) electrons. The maximum Gasteiger partial charge on any atom is 0.472 e. The van der Waals surface area contributed by atoms with Gasteiger partial charge in [0.2, 0.25) is 0 Å². The summed E-state index contributed by atoms with van der Waals surface area (Å²) in [6.45, 7) is 14.0. The molecule has 0 saturated heterocycles. The van der Waals surface area contributed by atoms with Gasteiger partial charge >= 0.3 is 39.5 Å². The van der Waals surface area contributed by atoms with Crippen molar-refractivity contribution in [2.24, 2.45) is 23.7 Å². The van der Waals surface area contributed by atoms with Gasteiger partial charge in [-0.1, -0.05) is 299 Å². The quantitative estimate of drug-likeness (QED) is 0.0222. The maximum absolute atomic E-state index is 13.0. The normalized spacial score (nSPS) is 14.6. The number of hydrogen-bond acceptors (Lipinski definition) is 15. The molecule has 19 heteroatoms. The number of esters is 4. The summed E-state index contributed by atoms with van der Waals surface area (Å²) < 4.78 is 68.2. The van der Waals surface area contributed by atoms with Gasteiger partial charge in [-0.2, -0.15) is 0 Å². The number of aliphatic hydroxyl groups excluding tert-OH is 1. The van der Waals surface area contributed by atoms with Gasteiger partial charge < -0.3 is 33.8 Å². The van der Waals surface area contributed by atoms with Crippen LogP contribution in [0.25, 0.3) is 0 Å². The van der Waals surface area contributed by atoms with Gasteiger partial charge in [-0.05, 0) is 49.4 Å².